The summed E-state index contributed by atoms with van der Waals surface area (Å²) in [5.41, 5.74) is 2.79. The first-order valence-corrected chi connectivity index (χ1v) is 12.3. The molecule has 170 valence electrons. The molecule has 0 radical (unpaired) electrons. The van der Waals surface area contributed by atoms with Gasteiger partial charge in [-0.3, -0.25) is 9.59 Å². The molecule has 2 heterocycles. The van der Waals surface area contributed by atoms with Crippen molar-refractivity contribution in [1.29, 1.82) is 0 Å². The van der Waals surface area contributed by atoms with E-state index in [1.54, 1.807) is 41.1 Å². The van der Waals surface area contributed by atoms with Crippen LogP contribution in [0.15, 0.2) is 64.6 Å². The van der Waals surface area contributed by atoms with Crippen LogP contribution < -0.4 is 10.0 Å². The summed E-state index contributed by atoms with van der Waals surface area (Å²) in [6, 6.07) is 14.2. The molecule has 2 aromatic carbocycles. The first-order chi connectivity index (χ1) is 15.7. The molecular weight excluding hydrogens is 464 g/mol. The lowest BCUT2D eigenvalue weighted by Crippen LogP contribution is -2.20. The molecule has 0 aliphatic carbocycles. The van der Waals surface area contributed by atoms with E-state index in [-0.39, 0.29) is 12.3 Å². The number of carbonyl (C=O) groups is 2. The van der Waals surface area contributed by atoms with Crippen molar-refractivity contribution in [1.82, 2.24) is 9.29 Å². The highest BCUT2D eigenvalue weighted by Gasteiger charge is 2.23. The van der Waals surface area contributed by atoms with Crippen LogP contribution in [-0.4, -0.2) is 42.2 Å². The second-order valence-electron chi connectivity index (χ2n) is 7.24. The minimum absolute atomic E-state index is 0.125. The Morgan fingerprint density at radius 2 is 1.91 bits per heavy atom. The van der Waals surface area contributed by atoms with E-state index in [2.05, 4.69) is 15.0 Å². The summed E-state index contributed by atoms with van der Waals surface area (Å²) < 4.78 is 27.2. The molecule has 0 spiro atoms. The largest absolute Gasteiger partial charge is 0.480 e. The number of carboxylic acids is 1. The second kappa shape index (κ2) is 9.22. The third-order valence-corrected chi connectivity index (χ3v) is 7.14. The van der Waals surface area contributed by atoms with Gasteiger partial charge in [-0.25, -0.2) is 13.1 Å². The SMILES string of the molecule is CNS(=O)(=O)Cc1ccc(NC2=NC(=O)/C(=C\c3cn(CC(=O)O)c4ccccc34)S2)cc1. The number of amidine groups is 1. The maximum Gasteiger partial charge on any atom is 0.323 e. The third-order valence-electron chi connectivity index (χ3n) is 4.91. The van der Waals surface area contributed by atoms with Crippen molar-refractivity contribution in [2.24, 2.45) is 4.99 Å². The number of para-hydroxylation sites is 1. The predicted octanol–water partition coefficient (Wildman–Crippen LogP) is 2.86. The number of aromatic nitrogens is 1. The first kappa shape index (κ1) is 22.8. The van der Waals surface area contributed by atoms with Crippen molar-refractivity contribution < 1.29 is 23.1 Å². The molecule has 3 N–H and O–H groups in total. The summed E-state index contributed by atoms with van der Waals surface area (Å²) in [4.78, 5) is 28.1. The Morgan fingerprint density at radius 1 is 1.18 bits per heavy atom. The molecule has 1 amide bonds. The zero-order valence-corrected chi connectivity index (χ0v) is 19.1. The molecule has 1 aromatic heterocycles. The number of nitrogens with zero attached hydrogens (tertiary/aromatic N) is 2. The fraction of sp³-hybridized carbons (Fsp3) is 0.136. The van der Waals surface area contributed by atoms with Crippen LogP contribution in [0.1, 0.15) is 11.1 Å². The van der Waals surface area contributed by atoms with Gasteiger partial charge in [0.15, 0.2) is 5.17 Å². The van der Waals surface area contributed by atoms with Gasteiger partial charge in [0.25, 0.3) is 5.91 Å². The van der Waals surface area contributed by atoms with Crippen LogP contribution in [-0.2, 0) is 31.9 Å². The zero-order valence-electron chi connectivity index (χ0n) is 17.5. The smallest absolute Gasteiger partial charge is 0.323 e. The monoisotopic (exact) mass is 484 g/mol. The minimum Gasteiger partial charge on any atom is -0.480 e. The van der Waals surface area contributed by atoms with Crippen LogP contribution in [0.4, 0.5) is 5.69 Å². The highest BCUT2D eigenvalue weighted by Crippen LogP contribution is 2.32. The average Bonchev–Trinajstić information content (AvgIpc) is 3.29. The van der Waals surface area contributed by atoms with Gasteiger partial charge in [0, 0.05) is 28.4 Å². The number of hydrogen-bond donors (Lipinski definition) is 3. The number of aliphatic imine (C=N–C) groups is 1. The number of benzene rings is 2. The normalized spacial score (nSPS) is 15.2. The van der Waals surface area contributed by atoms with Crippen LogP contribution in [0, 0.1) is 0 Å². The fourth-order valence-corrected chi connectivity index (χ4v) is 4.97. The number of nitrogens with one attached hydrogen (secondary N) is 2. The zero-order chi connectivity index (χ0) is 23.6. The molecule has 4 rings (SSSR count). The minimum atomic E-state index is -3.36. The summed E-state index contributed by atoms with van der Waals surface area (Å²) >= 11 is 1.18. The van der Waals surface area contributed by atoms with Gasteiger partial charge >= 0.3 is 5.97 Å². The van der Waals surface area contributed by atoms with Crippen molar-refractivity contribution in [3.63, 3.8) is 0 Å². The van der Waals surface area contributed by atoms with E-state index in [9.17, 15) is 18.0 Å². The number of aliphatic carboxylic acids is 1. The van der Waals surface area contributed by atoms with Crippen molar-refractivity contribution in [3.8, 4) is 0 Å². The van der Waals surface area contributed by atoms with Crippen LogP contribution in [0.2, 0.25) is 0 Å². The summed E-state index contributed by atoms with van der Waals surface area (Å²) in [7, 11) is -1.99. The molecule has 0 atom stereocenters. The number of hydrogen-bond acceptors (Lipinski definition) is 6. The van der Waals surface area contributed by atoms with Crippen LogP contribution in [0.25, 0.3) is 17.0 Å². The number of anilines is 1. The molecule has 11 heteroatoms. The van der Waals surface area contributed by atoms with Crippen LogP contribution in [0.3, 0.4) is 0 Å². The van der Waals surface area contributed by atoms with E-state index in [1.807, 2.05) is 24.3 Å². The summed E-state index contributed by atoms with van der Waals surface area (Å²) in [5, 5.41) is 13.5. The maximum absolute atomic E-state index is 12.5. The highest BCUT2D eigenvalue weighted by atomic mass is 32.2. The van der Waals surface area contributed by atoms with E-state index in [0.717, 1.165) is 16.5 Å². The first-order valence-electron chi connectivity index (χ1n) is 9.83. The molecule has 3 aromatic rings. The van der Waals surface area contributed by atoms with Gasteiger partial charge in [-0.05, 0) is 48.6 Å². The Balaban J connectivity index is 1.51. The van der Waals surface area contributed by atoms with Gasteiger partial charge in [-0.15, -0.1) is 0 Å². The number of carboxylic acid groups (broad SMARTS) is 1. The molecule has 0 unspecified atom stereocenters. The van der Waals surface area contributed by atoms with Crippen LogP contribution in [0.5, 0.6) is 0 Å². The lowest BCUT2D eigenvalue weighted by Gasteiger charge is -2.06. The van der Waals surface area contributed by atoms with Crippen molar-refractivity contribution in [2.45, 2.75) is 12.3 Å². The third kappa shape index (κ3) is 5.33. The van der Waals surface area contributed by atoms with E-state index in [1.165, 1.54) is 18.8 Å². The molecule has 0 bridgehead atoms. The predicted molar refractivity (Wildman–Crippen MR) is 129 cm³/mol. The Bertz CT molecular complexity index is 1410. The number of amides is 1. The standard InChI is InChI=1S/C22H20N4O5S2/c1-23-33(30,31)13-14-6-8-16(9-7-14)24-22-25-21(29)19(32-22)10-15-11-26(12-20(27)28)18-5-3-2-4-17(15)18/h2-11,23H,12-13H2,1H3,(H,27,28)(H,24,25,29)/b19-10+. The topological polar surface area (TPSA) is 130 Å². The lowest BCUT2D eigenvalue weighted by atomic mass is 10.1. The number of carbonyl (C=O) groups excluding carboxylic acids is 1. The van der Waals surface area contributed by atoms with E-state index < -0.39 is 21.9 Å². The van der Waals surface area contributed by atoms with E-state index in [4.69, 9.17) is 5.11 Å². The fourth-order valence-electron chi connectivity index (χ4n) is 3.37. The number of thioether (sulfide) groups is 1. The summed E-state index contributed by atoms with van der Waals surface area (Å²) in [5.74, 6) is -1.47. The Kier molecular flexibility index (Phi) is 6.36. The van der Waals surface area contributed by atoms with Gasteiger partial charge in [0.1, 0.15) is 6.54 Å². The maximum atomic E-state index is 12.5. The van der Waals surface area contributed by atoms with Crippen molar-refractivity contribution in [2.75, 3.05) is 12.4 Å². The number of sulfonamides is 1. The van der Waals surface area contributed by atoms with Crippen molar-refractivity contribution >= 4 is 61.5 Å². The van der Waals surface area contributed by atoms with E-state index in [0.29, 0.717) is 21.3 Å². The van der Waals surface area contributed by atoms with Gasteiger partial charge in [-0.1, -0.05) is 30.3 Å². The Morgan fingerprint density at radius 3 is 2.61 bits per heavy atom. The van der Waals surface area contributed by atoms with E-state index >= 15 is 0 Å². The molecule has 1 aliphatic rings. The highest BCUT2D eigenvalue weighted by molar-refractivity contribution is 8.18. The molecule has 0 saturated carbocycles. The molecule has 33 heavy (non-hydrogen) atoms. The molecule has 0 saturated heterocycles. The summed E-state index contributed by atoms with van der Waals surface area (Å²) in [6.07, 6.45) is 3.42. The number of rotatable bonds is 7. The summed E-state index contributed by atoms with van der Waals surface area (Å²) in [6.45, 7) is -0.181. The van der Waals surface area contributed by atoms with Gasteiger partial charge in [0.2, 0.25) is 10.0 Å². The number of fused-ring (bicyclic) bond motifs is 1. The molecule has 9 nitrogen and oxygen atoms in total. The lowest BCUT2D eigenvalue weighted by molar-refractivity contribution is -0.137. The van der Waals surface area contributed by atoms with Gasteiger partial charge < -0.3 is 15.0 Å². The Labute approximate surface area is 194 Å². The molecule has 0 fully saturated rings. The molecule has 1 aliphatic heterocycles. The Hall–Kier alpha value is -3.41. The average molecular weight is 485 g/mol. The second-order valence-corrected chi connectivity index (χ2v) is 10.2. The van der Waals surface area contributed by atoms with Gasteiger partial charge in [0.05, 0.1) is 10.7 Å². The van der Waals surface area contributed by atoms with Gasteiger partial charge in [-0.2, -0.15) is 4.99 Å². The van der Waals surface area contributed by atoms with Crippen LogP contribution >= 0.6 is 11.8 Å². The molecular formula is C22H20N4O5S2. The van der Waals surface area contributed by atoms with Crippen molar-refractivity contribution in [3.05, 3.63) is 70.8 Å². The quantitative estimate of drug-likeness (QED) is 0.440.